The Bertz CT molecular complexity index is 1300. The van der Waals surface area contributed by atoms with Crippen LogP contribution in [-0.4, -0.2) is 31.7 Å². The van der Waals surface area contributed by atoms with Gasteiger partial charge in [0.1, 0.15) is 17.3 Å². The quantitative estimate of drug-likeness (QED) is 0.479. The number of ether oxygens (including phenoxy) is 1. The summed E-state index contributed by atoms with van der Waals surface area (Å²) in [6.45, 7) is 4.14. The van der Waals surface area contributed by atoms with Gasteiger partial charge in [-0.05, 0) is 38.1 Å². The van der Waals surface area contributed by atoms with Crippen molar-refractivity contribution in [3.8, 4) is 5.75 Å². The van der Waals surface area contributed by atoms with Crippen molar-refractivity contribution in [3.05, 3.63) is 77.0 Å². The van der Waals surface area contributed by atoms with Crippen LogP contribution in [0.2, 0.25) is 0 Å². The fraction of sp³-hybridized carbons (Fsp3) is 0.182. The minimum atomic E-state index is -0.406. The van der Waals surface area contributed by atoms with Crippen LogP contribution in [0.15, 0.2) is 75.6 Å². The Hall–Kier alpha value is -3.59. The molecule has 4 rings (SSSR count). The first-order valence-electron chi connectivity index (χ1n) is 9.75. The Morgan fingerprint density at radius 3 is 2.84 bits per heavy atom. The third-order valence-electron chi connectivity index (χ3n) is 4.43. The average molecular weight is 436 g/mol. The van der Waals surface area contributed by atoms with E-state index in [9.17, 15) is 9.59 Å². The maximum atomic E-state index is 12.8. The fourth-order valence-corrected chi connectivity index (χ4v) is 4.03. The molecule has 2 aromatic carbocycles. The molecule has 0 aliphatic rings. The molecule has 1 N–H and O–H groups in total. The second-order valence-electron chi connectivity index (χ2n) is 6.76. The van der Waals surface area contributed by atoms with E-state index >= 15 is 0 Å². The van der Waals surface area contributed by atoms with Gasteiger partial charge >= 0.3 is 5.69 Å². The SMILES string of the molecule is CCOc1ccccc1NC(=O)Cn1nc2c(Sc3cccc(C)c3)nccn2c1=O. The number of hydrogen-bond acceptors (Lipinski definition) is 6. The van der Waals surface area contributed by atoms with Crippen LogP contribution in [0.1, 0.15) is 12.5 Å². The highest BCUT2D eigenvalue weighted by molar-refractivity contribution is 7.99. The van der Waals surface area contributed by atoms with Crippen molar-refractivity contribution in [2.75, 3.05) is 11.9 Å². The zero-order valence-corrected chi connectivity index (χ0v) is 17.9. The summed E-state index contributed by atoms with van der Waals surface area (Å²) in [7, 11) is 0. The summed E-state index contributed by atoms with van der Waals surface area (Å²) in [5.41, 5.74) is 1.67. The average Bonchev–Trinajstić information content (AvgIpc) is 3.06. The minimum absolute atomic E-state index is 0.227. The van der Waals surface area contributed by atoms with E-state index in [0.29, 0.717) is 28.7 Å². The van der Waals surface area contributed by atoms with Crippen molar-refractivity contribution in [2.45, 2.75) is 30.3 Å². The third kappa shape index (κ3) is 4.61. The molecular formula is C22H21N5O3S. The monoisotopic (exact) mass is 435 g/mol. The Labute approximate surface area is 182 Å². The number of nitrogens with zero attached hydrogens (tertiary/aromatic N) is 4. The zero-order valence-electron chi connectivity index (χ0n) is 17.1. The van der Waals surface area contributed by atoms with Crippen LogP contribution in [0.3, 0.4) is 0 Å². The van der Waals surface area contributed by atoms with Crippen molar-refractivity contribution in [3.63, 3.8) is 0 Å². The standard InChI is InChI=1S/C22H21N5O3S/c1-3-30-18-10-5-4-9-17(18)24-19(28)14-27-22(29)26-12-11-23-21(20(26)25-27)31-16-8-6-7-15(2)13-16/h4-13H,3,14H2,1-2H3,(H,24,28). The number of aryl methyl sites for hydroxylation is 1. The summed E-state index contributed by atoms with van der Waals surface area (Å²) in [6, 6.07) is 15.1. The number of fused-ring (bicyclic) bond motifs is 1. The Kier molecular flexibility index (Phi) is 6.03. The van der Waals surface area contributed by atoms with E-state index < -0.39 is 5.69 Å². The molecule has 2 aromatic heterocycles. The number of hydrogen-bond donors (Lipinski definition) is 1. The number of anilines is 1. The van der Waals surface area contributed by atoms with Crippen LogP contribution in [0.4, 0.5) is 5.69 Å². The molecule has 1 amide bonds. The van der Waals surface area contributed by atoms with Gasteiger partial charge in [-0.3, -0.25) is 4.79 Å². The summed E-state index contributed by atoms with van der Waals surface area (Å²) in [6.07, 6.45) is 3.10. The second kappa shape index (κ2) is 9.05. The van der Waals surface area contributed by atoms with Crippen LogP contribution in [-0.2, 0) is 11.3 Å². The van der Waals surface area contributed by atoms with E-state index in [0.717, 1.165) is 15.1 Å². The Balaban J connectivity index is 1.58. The van der Waals surface area contributed by atoms with Gasteiger partial charge in [0.05, 0.1) is 12.3 Å². The first-order chi connectivity index (χ1) is 15.0. The predicted molar refractivity (Wildman–Crippen MR) is 119 cm³/mol. The summed E-state index contributed by atoms with van der Waals surface area (Å²) in [5, 5.41) is 7.73. The third-order valence-corrected chi connectivity index (χ3v) is 5.40. The summed E-state index contributed by atoms with van der Waals surface area (Å²) < 4.78 is 8.06. The van der Waals surface area contributed by atoms with Crippen LogP contribution < -0.4 is 15.7 Å². The van der Waals surface area contributed by atoms with Gasteiger partial charge in [0.2, 0.25) is 5.91 Å². The molecule has 2 heterocycles. The van der Waals surface area contributed by atoms with E-state index in [1.54, 1.807) is 30.6 Å². The topological polar surface area (TPSA) is 90.5 Å². The van der Waals surface area contributed by atoms with Crippen LogP contribution in [0.5, 0.6) is 5.75 Å². The molecule has 0 saturated heterocycles. The van der Waals surface area contributed by atoms with E-state index in [1.165, 1.54) is 16.2 Å². The molecule has 0 saturated carbocycles. The summed E-state index contributed by atoms with van der Waals surface area (Å²) in [5.74, 6) is 0.195. The van der Waals surface area contributed by atoms with Crippen molar-refractivity contribution >= 4 is 29.0 Å². The number of benzene rings is 2. The summed E-state index contributed by atoms with van der Waals surface area (Å²) in [4.78, 5) is 30.7. The van der Waals surface area contributed by atoms with Crippen LogP contribution in [0, 0.1) is 6.92 Å². The van der Waals surface area contributed by atoms with E-state index in [-0.39, 0.29) is 12.5 Å². The molecule has 0 radical (unpaired) electrons. The van der Waals surface area contributed by atoms with E-state index in [2.05, 4.69) is 15.4 Å². The van der Waals surface area contributed by atoms with E-state index in [1.807, 2.05) is 44.2 Å². The lowest BCUT2D eigenvalue weighted by molar-refractivity contribution is -0.117. The van der Waals surface area contributed by atoms with Crippen molar-refractivity contribution in [1.29, 1.82) is 0 Å². The normalized spacial score (nSPS) is 10.9. The summed E-state index contributed by atoms with van der Waals surface area (Å²) >= 11 is 1.42. The highest BCUT2D eigenvalue weighted by Crippen LogP contribution is 2.28. The maximum absolute atomic E-state index is 12.8. The lowest BCUT2D eigenvalue weighted by Crippen LogP contribution is -2.28. The maximum Gasteiger partial charge on any atom is 0.350 e. The molecule has 0 fully saturated rings. The molecule has 0 spiro atoms. The molecular weight excluding hydrogens is 414 g/mol. The molecule has 0 aliphatic heterocycles. The smallest absolute Gasteiger partial charge is 0.350 e. The molecule has 0 unspecified atom stereocenters. The molecule has 9 heteroatoms. The number of nitrogens with one attached hydrogen (secondary N) is 1. The second-order valence-corrected chi connectivity index (χ2v) is 7.82. The van der Waals surface area contributed by atoms with Gasteiger partial charge in [0, 0.05) is 17.3 Å². The van der Waals surface area contributed by atoms with Crippen molar-refractivity contribution in [2.24, 2.45) is 0 Å². The zero-order chi connectivity index (χ0) is 21.8. The van der Waals surface area contributed by atoms with Gasteiger partial charge in [-0.15, -0.1) is 5.10 Å². The highest BCUT2D eigenvalue weighted by Gasteiger charge is 2.16. The van der Waals surface area contributed by atoms with Crippen molar-refractivity contribution < 1.29 is 9.53 Å². The van der Waals surface area contributed by atoms with Gasteiger partial charge in [-0.25, -0.2) is 18.9 Å². The van der Waals surface area contributed by atoms with Gasteiger partial charge in [-0.1, -0.05) is 41.6 Å². The van der Waals surface area contributed by atoms with Gasteiger partial charge < -0.3 is 10.1 Å². The predicted octanol–water partition coefficient (Wildman–Crippen LogP) is 3.39. The van der Waals surface area contributed by atoms with E-state index in [4.69, 9.17) is 4.74 Å². The Morgan fingerprint density at radius 1 is 1.19 bits per heavy atom. The molecule has 4 aromatic rings. The number of aromatic nitrogens is 4. The molecule has 0 atom stereocenters. The van der Waals surface area contributed by atoms with Gasteiger partial charge in [0.15, 0.2) is 5.65 Å². The minimum Gasteiger partial charge on any atom is -0.492 e. The molecule has 0 aliphatic carbocycles. The molecule has 8 nitrogen and oxygen atoms in total. The lowest BCUT2D eigenvalue weighted by Gasteiger charge is -2.10. The lowest BCUT2D eigenvalue weighted by atomic mass is 10.2. The number of para-hydroxylation sites is 2. The molecule has 31 heavy (non-hydrogen) atoms. The molecule has 0 bridgehead atoms. The van der Waals surface area contributed by atoms with Crippen LogP contribution in [0.25, 0.3) is 5.65 Å². The number of amides is 1. The van der Waals surface area contributed by atoms with Gasteiger partial charge in [0.25, 0.3) is 0 Å². The fourth-order valence-electron chi connectivity index (χ4n) is 3.07. The largest absolute Gasteiger partial charge is 0.492 e. The highest BCUT2D eigenvalue weighted by atomic mass is 32.2. The molecule has 158 valence electrons. The van der Waals surface area contributed by atoms with Gasteiger partial charge in [-0.2, -0.15) is 0 Å². The van der Waals surface area contributed by atoms with Crippen molar-refractivity contribution in [1.82, 2.24) is 19.2 Å². The number of carbonyl (C=O) groups is 1. The Morgan fingerprint density at radius 2 is 2.03 bits per heavy atom. The number of carbonyl (C=O) groups excluding carboxylic acids is 1. The first-order valence-corrected chi connectivity index (χ1v) is 10.6. The first kappa shape index (κ1) is 20.7. The number of rotatable bonds is 7. The van der Waals surface area contributed by atoms with Crippen LogP contribution >= 0.6 is 11.8 Å².